The number of benzene rings is 1. The van der Waals surface area contributed by atoms with Crippen LogP contribution in [0.3, 0.4) is 0 Å². The van der Waals surface area contributed by atoms with Gasteiger partial charge in [0.2, 0.25) is 0 Å². The number of amides is 1. The second-order valence-electron chi connectivity index (χ2n) is 5.13. The van der Waals surface area contributed by atoms with Gasteiger partial charge in [0.05, 0.1) is 15.6 Å². The number of thioether (sulfide) groups is 1. The molecule has 1 aromatic heterocycles. The molecule has 0 saturated carbocycles. The quantitative estimate of drug-likeness (QED) is 0.645. The number of carbonyl (C=O) groups is 1. The molecule has 2 heterocycles. The van der Waals surface area contributed by atoms with E-state index >= 15 is 0 Å². The fourth-order valence-electron chi connectivity index (χ4n) is 2.21. The summed E-state index contributed by atoms with van der Waals surface area (Å²) in [6, 6.07) is 8.39. The van der Waals surface area contributed by atoms with Gasteiger partial charge in [-0.25, -0.2) is 4.99 Å². The third-order valence-electron chi connectivity index (χ3n) is 3.33. The maximum absolute atomic E-state index is 12.7. The lowest BCUT2D eigenvalue weighted by Gasteiger charge is -2.12. The number of halogens is 1. The number of phenolic OH excluding ortho intramolecular Hbond substituents is 1. The zero-order valence-electron chi connectivity index (χ0n) is 13.1. The highest BCUT2D eigenvalue weighted by atomic mass is 35.5. The predicted molar refractivity (Wildman–Crippen MR) is 102 cm³/mol. The molecule has 5 nitrogen and oxygen atoms in total. The minimum absolute atomic E-state index is 0.144. The fourth-order valence-corrected chi connectivity index (χ4v) is 3.37. The zero-order valence-corrected chi connectivity index (χ0v) is 14.7. The van der Waals surface area contributed by atoms with Crippen LogP contribution < -0.4 is 0 Å². The molecule has 1 aliphatic rings. The molecule has 1 aromatic carbocycles. The highest BCUT2D eigenvalue weighted by Gasteiger charge is 2.32. The molecule has 1 saturated heterocycles. The molecule has 3 rings (SSSR count). The summed E-state index contributed by atoms with van der Waals surface area (Å²) in [4.78, 5) is 23.1. The lowest BCUT2D eigenvalue weighted by atomic mass is 10.2. The summed E-state index contributed by atoms with van der Waals surface area (Å²) >= 11 is 7.35. The van der Waals surface area contributed by atoms with Crippen molar-refractivity contribution in [1.82, 2.24) is 9.88 Å². The van der Waals surface area contributed by atoms with Gasteiger partial charge >= 0.3 is 0 Å². The Hall–Kier alpha value is -2.57. The predicted octanol–water partition coefficient (Wildman–Crippen LogP) is 4.23. The SMILES string of the molecule is C=CCN1C(=O)/C(=C/c2cccc(O)c2)SC1=Nc1ccncc1Cl. The standard InChI is InChI=1S/C18H14ClN3O2S/c1-2-8-22-17(24)16(10-12-4-3-5-13(23)9-12)25-18(22)21-15-6-7-20-11-14(15)19/h2-7,9-11,23H,1,8H2/b16-10-,21-18?. The van der Waals surface area contributed by atoms with E-state index in [0.717, 1.165) is 5.56 Å². The summed E-state index contributed by atoms with van der Waals surface area (Å²) in [5.41, 5.74) is 1.28. The number of pyridine rings is 1. The largest absolute Gasteiger partial charge is 0.508 e. The van der Waals surface area contributed by atoms with E-state index in [1.807, 2.05) is 6.07 Å². The number of aliphatic imine (C=N–C) groups is 1. The molecule has 0 unspecified atom stereocenters. The highest BCUT2D eigenvalue weighted by Crippen LogP contribution is 2.35. The Morgan fingerprint density at radius 3 is 2.96 bits per heavy atom. The van der Waals surface area contributed by atoms with Crippen molar-refractivity contribution in [2.45, 2.75) is 0 Å². The molecule has 1 N–H and O–H groups in total. The summed E-state index contributed by atoms with van der Waals surface area (Å²) in [7, 11) is 0. The number of rotatable bonds is 4. The molecule has 126 valence electrons. The first-order valence-corrected chi connectivity index (χ1v) is 8.57. The first-order chi connectivity index (χ1) is 12.1. The van der Waals surface area contributed by atoms with Crippen molar-refractivity contribution in [3.05, 3.63) is 70.9 Å². The summed E-state index contributed by atoms with van der Waals surface area (Å²) in [6.07, 6.45) is 6.46. The van der Waals surface area contributed by atoms with Gasteiger partial charge in [-0.1, -0.05) is 29.8 Å². The van der Waals surface area contributed by atoms with Crippen LogP contribution in [0.25, 0.3) is 6.08 Å². The maximum Gasteiger partial charge on any atom is 0.267 e. The van der Waals surface area contributed by atoms with Gasteiger partial charge in [-0.05, 0) is 41.6 Å². The monoisotopic (exact) mass is 371 g/mol. The summed E-state index contributed by atoms with van der Waals surface area (Å²) in [6.45, 7) is 4.03. The molecule has 7 heteroatoms. The van der Waals surface area contributed by atoms with Gasteiger partial charge in [-0.3, -0.25) is 14.7 Å². The second kappa shape index (κ2) is 7.55. The van der Waals surface area contributed by atoms with Crippen LogP contribution in [0.2, 0.25) is 5.02 Å². The molecule has 0 radical (unpaired) electrons. The van der Waals surface area contributed by atoms with Gasteiger partial charge in [0, 0.05) is 18.9 Å². The molecule has 0 atom stereocenters. The Balaban J connectivity index is 1.98. The fraction of sp³-hybridized carbons (Fsp3) is 0.0556. The van der Waals surface area contributed by atoms with Crippen LogP contribution in [0.5, 0.6) is 5.75 Å². The molecular formula is C18H14ClN3O2S. The zero-order chi connectivity index (χ0) is 17.8. The highest BCUT2D eigenvalue weighted by molar-refractivity contribution is 8.18. The van der Waals surface area contributed by atoms with Gasteiger partial charge in [0.1, 0.15) is 5.75 Å². The van der Waals surface area contributed by atoms with Crippen molar-refractivity contribution in [2.24, 2.45) is 4.99 Å². The third-order valence-corrected chi connectivity index (χ3v) is 4.63. The lowest BCUT2D eigenvalue weighted by molar-refractivity contribution is -0.121. The molecule has 1 fully saturated rings. The van der Waals surface area contributed by atoms with E-state index in [1.165, 1.54) is 22.9 Å². The molecule has 0 aliphatic carbocycles. The summed E-state index contributed by atoms with van der Waals surface area (Å²) in [5.74, 6) is -0.0256. The lowest BCUT2D eigenvalue weighted by Crippen LogP contribution is -2.29. The average molecular weight is 372 g/mol. The Kier molecular flexibility index (Phi) is 5.21. The number of phenols is 1. The molecule has 1 aliphatic heterocycles. The summed E-state index contributed by atoms with van der Waals surface area (Å²) in [5, 5.41) is 10.5. The van der Waals surface area contributed by atoms with Crippen LogP contribution in [0.4, 0.5) is 5.69 Å². The molecular weight excluding hydrogens is 358 g/mol. The van der Waals surface area contributed by atoms with E-state index in [2.05, 4.69) is 16.6 Å². The van der Waals surface area contributed by atoms with Crippen molar-refractivity contribution >= 4 is 46.2 Å². The molecule has 2 aromatic rings. The van der Waals surface area contributed by atoms with Gasteiger partial charge in [-0.2, -0.15) is 0 Å². The Morgan fingerprint density at radius 1 is 1.40 bits per heavy atom. The van der Waals surface area contributed by atoms with E-state index in [4.69, 9.17) is 11.6 Å². The van der Waals surface area contributed by atoms with Crippen LogP contribution in [0.15, 0.2) is 65.3 Å². The van der Waals surface area contributed by atoms with Crippen molar-refractivity contribution < 1.29 is 9.90 Å². The Labute approximate surface area is 154 Å². The van der Waals surface area contributed by atoms with E-state index in [1.54, 1.807) is 42.6 Å². The number of carbonyl (C=O) groups excluding carboxylic acids is 1. The number of hydrogen-bond acceptors (Lipinski definition) is 5. The van der Waals surface area contributed by atoms with Crippen molar-refractivity contribution in [3.8, 4) is 5.75 Å². The molecule has 1 amide bonds. The third kappa shape index (κ3) is 3.92. The number of aromatic nitrogens is 1. The number of hydrogen-bond donors (Lipinski definition) is 1. The van der Waals surface area contributed by atoms with Crippen LogP contribution in [-0.4, -0.2) is 32.6 Å². The molecule has 25 heavy (non-hydrogen) atoms. The van der Waals surface area contributed by atoms with Gasteiger partial charge in [-0.15, -0.1) is 6.58 Å². The van der Waals surface area contributed by atoms with Crippen molar-refractivity contribution in [3.63, 3.8) is 0 Å². The van der Waals surface area contributed by atoms with Gasteiger partial charge < -0.3 is 5.11 Å². The smallest absolute Gasteiger partial charge is 0.267 e. The first-order valence-electron chi connectivity index (χ1n) is 7.38. The minimum atomic E-state index is -0.169. The number of amidine groups is 1. The summed E-state index contributed by atoms with van der Waals surface area (Å²) < 4.78 is 0. The molecule has 0 spiro atoms. The first kappa shape index (κ1) is 17.3. The minimum Gasteiger partial charge on any atom is -0.508 e. The Bertz CT molecular complexity index is 895. The number of nitrogens with zero attached hydrogens (tertiary/aromatic N) is 3. The van der Waals surface area contributed by atoms with Crippen LogP contribution in [0.1, 0.15) is 5.56 Å². The number of aromatic hydroxyl groups is 1. The van der Waals surface area contributed by atoms with E-state index in [0.29, 0.717) is 27.3 Å². The van der Waals surface area contributed by atoms with Crippen LogP contribution in [0, 0.1) is 0 Å². The second-order valence-corrected chi connectivity index (χ2v) is 6.55. The topological polar surface area (TPSA) is 65.8 Å². The average Bonchev–Trinajstić information content (AvgIpc) is 2.86. The molecule has 0 bridgehead atoms. The van der Waals surface area contributed by atoms with E-state index < -0.39 is 0 Å². The normalized spacial score (nSPS) is 17.5. The van der Waals surface area contributed by atoms with Gasteiger partial charge in [0.25, 0.3) is 5.91 Å². The van der Waals surface area contributed by atoms with Gasteiger partial charge in [0.15, 0.2) is 5.17 Å². The van der Waals surface area contributed by atoms with Crippen LogP contribution in [-0.2, 0) is 4.79 Å². The van der Waals surface area contributed by atoms with Crippen LogP contribution >= 0.6 is 23.4 Å². The van der Waals surface area contributed by atoms with E-state index in [9.17, 15) is 9.90 Å². The van der Waals surface area contributed by atoms with E-state index in [-0.39, 0.29) is 11.7 Å². The van der Waals surface area contributed by atoms with Crippen molar-refractivity contribution in [2.75, 3.05) is 6.54 Å². The van der Waals surface area contributed by atoms with Crippen molar-refractivity contribution in [1.29, 1.82) is 0 Å². The maximum atomic E-state index is 12.7. The Morgan fingerprint density at radius 2 is 2.24 bits per heavy atom.